The van der Waals surface area contributed by atoms with Gasteiger partial charge in [0.05, 0.1) is 6.61 Å². The van der Waals surface area contributed by atoms with E-state index in [2.05, 4.69) is 32.1 Å². The van der Waals surface area contributed by atoms with Crippen LogP contribution in [-0.2, 0) is 4.74 Å². The molecule has 0 spiro atoms. The van der Waals surface area contributed by atoms with Crippen molar-refractivity contribution in [3.8, 4) is 0 Å². The molecule has 2 heterocycles. The van der Waals surface area contributed by atoms with Gasteiger partial charge in [-0.15, -0.1) is 0 Å². The van der Waals surface area contributed by atoms with Gasteiger partial charge in [-0.25, -0.2) is 0 Å². The van der Waals surface area contributed by atoms with Gasteiger partial charge in [-0.2, -0.15) is 15.0 Å². The third-order valence-corrected chi connectivity index (χ3v) is 3.50. The van der Waals surface area contributed by atoms with Gasteiger partial charge in [0.15, 0.2) is 0 Å². The van der Waals surface area contributed by atoms with Crippen molar-refractivity contribution in [2.24, 2.45) is 5.92 Å². The Morgan fingerprint density at radius 2 is 2.25 bits per heavy atom. The Bertz CT molecular complexity index is 429. The normalized spacial score (nSPS) is 19.1. The number of aromatic nitrogens is 3. The van der Waals surface area contributed by atoms with Gasteiger partial charge in [0.2, 0.25) is 17.2 Å². The number of ether oxygens (including phenoxy) is 1. The average molecular weight is 300 g/mol. The number of anilines is 2. The van der Waals surface area contributed by atoms with E-state index in [4.69, 9.17) is 16.3 Å². The fourth-order valence-corrected chi connectivity index (χ4v) is 2.57. The first-order chi connectivity index (χ1) is 9.72. The van der Waals surface area contributed by atoms with Crippen molar-refractivity contribution in [3.63, 3.8) is 0 Å². The zero-order valence-corrected chi connectivity index (χ0v) is 12.9. The minimum Gasteiger partial charge on any atom is -0.384 e. The fourth-order valence-electron chi connectivity index (χ4n) is 2.42. The van der Waals surface area contributed by atoms with E-state index in [1.165, 1.54) is 6.42 Å². The lowest BCUT2D eigenvalue weighted by molar-refractivity contribution is 0.143. The smallest absolute Gasteiger partial charge is 0.231 e. The second kappa shape index (κ2) is 7.59. The molecule has 6 nitrogen and oxygen atoms in total. The molecule has 1 aromatic heterocycles. The first kappa shape index (κ1) is 15.3. The summed E-state index contributed by atoms with van der Waals surface area (Å²) in [6, 6.07) is 0. The molecule has 7 heteroatoms. The Balaban J connectivity index is 2.08. The number of rotatable bonds is 6. The summed E-state index contributed by atoms with van der Waals surface area (Å²) in [7, 11) is 1.74. The Kier molecular flexibility index (Phi) is 5.79. The van der Waals surface area contributed by atoms with Crippen molar-refractivity contribution in [1.29, 1.82) is 0 Å². The lowest BCUT2D eigenvalue weighted by Gasteiger charge is -2.32. The van der Waals surface area contributed by atoms with Crippen LogP contribution in [0, 0.1) is 5.92 Å². The molecule has 1 aliphatic heterocycles. The third-order valence-electron chi connectivity index (χ3n) is 3.33. The molecular formula is C13H22ClN5O. The number of piperidine rings is 1. The Hall–Kier alpha value is -1.14. The summed E-state index contributed by atoms with van der Waals surface area (Å²) >= 11 is 5.99. The molecule has 1 saturated heterocycles. The number of halogens is 1. The third kappa shape index (κ3) is 4.18. The van der Waals surface area contributed by atoms with Crippen molar-refractivity contribution < 1.29 is 4.74 Å². The molecule has 1 N–H and O–H groups in total. The Labute approximate surface area is 124 Å². The van der Waals surface area contributed by atoms with Crippen molar-refractivity contribution in [3.05, 3.63) is 5.28 Å². The average Bonchev–Trinajstić information content (AvgIpc) is 2.45. The minimum absolute atomic E-state index is 0.238. The molecule has 0 radical (unpaired) electrons. The van der Waals surface area contributed by atoms with Crippen molar-refractivity contribution >= 4 is 23.5 Å². The first-order valence-corrected chi connectivity index (χ1v) is 7.50. The van der Waals surface area contributed by atoms with E-state index < -0.39 is 0 Å². The Morgan fingerprint density at radius 1 is 1.40 bits per heavy atom. The predicted molar refractivity (Wildman–Crippen MR) is 80.4 cm³/mol. The fraction of sp³-hybridized carbons (Fsp3) is 0.769. The predicted octanol–water partition coefficient (Wildman–Crippen LogP) is 2.21. The van der Waals surface area contributed by atoms with Gasteiger partial charge in [0, 0.05) is 26.7 Å². The van der Waals surface area contributed by atoms with Crippen molar-refractivity contribution in [1.82, 2.24) is 15.0 Å². The lowest BCUT2D eigenvalue weighted by atomic mass is 9.99. The van der Waals surface area contributed by atoms with E-state index in [9.17, 15) is 0 Å². The molecule has 112 valence electrons. The van der Waals surface area contributed by atoms with Crippen LogP contribution in [-0.4, -0.2) is 48.3 Å². The van der Waals surface area contributed by atoms with Crippen LogP contribution in [0.3, 0.4) is 0 Å². The molecule has 1 unspecified atom stereocenters. The molecule has 20 heavy (non-hydrogen) atoms. The highest BCUT2D eigenvalue weighted by Crippen LogP contribution is 2.22. The number of nitrogens with one attached hydrogen (secondary N) is 1. The zero-order chi connectivity index (χ0) is 14.4. The highest BCUT2D eigenvalue weighted by molar-refractivity contribution is 6.28. The summed E-state index contributed by atoms with van der Waals surface area (Å²) in [4.78, 5) is 15.0. The van der Waals surface area contributed by atoms with Crippen LogP contribution in [0.4, 0.5) is 11.9 Å². The highest BCUT2D eigenvalue weighted by Gasteiger charge is 2.22. The monoisotopic (exact) mass is 299 g/mol. The van der Waals surface area contributed by atoms with Gasteiger partial charge in [0.25, 0.3) is 0 Å². The van der Waals surface area contributed by atoms with Gasteiger partial charge in [-0.1, -0.05) is 6.92 Å². The van der Waals surface area contributed by atoms with Gasteiger partial charge in [-0.3, -0.25) is 0 Å². The second-order valence-electron chi connectivity index (χ2n) is 5.06. The highest BCUT2D eigenvalue weighted by atomic mass is 35.5. The summed E-state index contributed by atoms with van der Waals surface area (Å²) in [6.45, 7) is 5.55. The van der Waals surface area contributed by atoms with E-state index in [1.807, 2.05) is 0 Å². The van der Waals surface area contributed by atoms with Crippen LogP contribution in [0.25, 0.3) is 0 Å². The minimum atomic E-state index is 0.238. The molecule has 2 rings (SSSR count). The van der Waals surface area contributed by atoms with Crippen molar-refractivity contribution in [2.75, 3.05) is 43.6 Å². The van der Waals surface area contributed by atoms with Crippen LogP contribution < -0.4 is 10.2 Å². The number of methoxy groups -OCH3 is 1. The maximum Gasteiger partial charge on any atom is 0.231 e. The summed E-state index contributed by atoms with van der Waals surface area (Å²) in [6.07, 6.45) is 3.32. The van der Waals surface area contributed by atoms with Crippen LogP contribution in [0.5, 0.6) is 0 Å². The molecule has 0 bridgehead atoms. The van der Waals surface area contributed by atoms with E-state index in [0.29, 0.717) is 17.8 Å². The number of nitrogens with zero attached hydrogens (tertiary/aromatic N) is 4. The standard InChI is InChI=1S/C13H22ClN5O/c1-3-6-15-12-16-11(14)17-13(18-12)19-7-4-5-10(8-19)9-20-2/h10H,3-9H2,1-2H3,(H,15,16,17,18). The molecule has 1 aliphatic rings. The van der Waals surface area contributed by atoms with E-state index in [0.717, 1.165) is 39.1 Å². The van der Waals surface area contributed by atoms with Crippen molar-refractivity contribution in [2.45, 2.75) is 26.2 Å². The molecule has 0 amide bonds. The van der Waals surface area contributed by atoms with E-state index >= 15 is 0 Å². The van der Waals surface area contributed by atoms with Gasteiger partial charge in [-0.05, 0) is 36.8 Å². The van der Waals surface area contributed by atoms with Gasteiger partial charge in [0.1, 0.15) is 0 Å². The SMILES string of the molecule is CCCNc1nc(Cl)nc(N2CCCC(COC)C2)n1. The maximum absolute atomic E-state index is 5.99. The second-order valence-corrected chi connectivity index (χ2v) is 5.40. The largest absolute Gasteiger partial charge is 0.384 e. The molecule has 0 saturated carbocycles. The lowest BCUT2D eigenvalue weighted by Crippen LogP contribution is -2.38. The molecule has 1 fully saturated rings. The molecule has 0 aliphatic carbocycles. The maximum atomic E-state index is 5.99. The van der Waals surface area contributed by atoms with Crippen LogP contribution in [0.15, 0.2) is 0 Å². The van der Waals surface area contributed by atoms with Gasteiger partial charge >= 0.3 is 0 Å². The molecule has 1 aromatic rings. The van der Waals surface area contributed by atoms with Crippen LogP contribution in [0.1, 0.15) is 26.2 Å². The Morgan fingerprint density at radius 3 is 3.00 bits per heavy atom. The summed E-state index contributed by atoms with van der Waals surface area (Å²) in [5.41, 5.74) is 0. The molecule has 1 atom stereocenters. The summed E-state index contributed by atoms with van der Waals surface area (Å²) in [5.74, 6) is 1.73. The van der Waals surface area contributed by atoms with Crippen LogP contribution >= 0.6 is 11.6 Å². The van der Waals surface area contributed by atoms with E-state index in [-0.39, 0.29) is 5.28 Å². The zero-order valence-electron chi connectivity index (χ0n) is 12.1. The molecule has 0 aromatic carbocycles. The summed E-state index contributed by atoms with van der Waals surface area (Å²) < 4.78 is 5.25. The summed E-state index contributed by atoms with van der Waals surface area (Å²) in [5, 5.41) is 3.39. The van der Waals surface area contributed by atoms with Gasteiger partial charge < -0.3 is 15.0 Å². The number of hydrogen-bond acceptors (Lipinski definition) is 6. The first-order valence-electron chi connectivity index (χ1n) is 7.12. The van der Waals surface area contributed by atoms with Crippen LogP contribution in [0.2, 0.25) is 5.28 Å². The van der Waals surface area contributed by atoms with E-state index in [1.54, 1.807) is 7.11 Å². The topological polar surface area (TPSA) is 63.2 Å². The molecular weight excluding hydrogens is 278 g/mol. The quantitative estimate of drug-likeness (QED) is 0.869. The number of hydrogen-bond donors (Lipinski definition) is 1.